The molecule has 15 heavy (non-hydrogen) atoms. The van der Waals surface area contributed by atoms with E-state index in [1.807, 2.05) is 0 Å². The van der Waals surface area contributed by atoms with Gasteiger partial charge in [0.05, 0.1) is 12.6 Å². The predicted octanol–water partition coefficient (Wildman–Crippen LogP) is 0.0848. The number of hydrogen-bond acceptors (Lipinski definition) is 4. The second-order valence-electron chi connectivity index (χ2n) is 4.12. The molecular formula is C10H18N4O. The van der Waals surface area contributed by atoms with E-state index < -0.39 is 0 Å². The largest absolute Gasteiger partial charge is 0.392 e. The highest BCUT2D eigenvalue weighted by molar-refractivity contribution is 4.98. The highest BCUT2D eigenvalue weighted by Crippen LogP contribution is 2.13. The lowest BCUT2D eigenvalue weighted by Crippen LogP contribution is -2.26. The van der Waals surface area contributed by atoms with E-state index >= 15 is 0 Å². The molecule has 2 rings (SSSR count). The van der Waals surface area contributed by atoms with E-state index in [2.05, 4.69) is 20.1 Å². The minimum absolute atomic E-state index is 0.311. The molecule has 1 aliphatic rings. The van der Waals surface area contributed by atoms with Gasteiger partial charge in [0.2, 0.25) is 0 Å². The summed E-state index contributed by atoms with van der Waals surface area (Å²) in [7, 11) is 0. The van der Waals surface area contributed by atoms with Crippen molar-refractivity contribution in [1.82, 2.24) is 20.1 Å². The molecule has 0 bridgehead atoms. The van der Waals surface area contributed by atoms with Crippen LogP contribution in [0, 0.1) is 0 Å². The Kier molecular flexibility index (Phi) is 3.33. The Hall–Kier alpha value is -0.940. The number of hydrogen-bond donors (Lipinski definition) is 2. The summed E-state index contributed by atoms with van der Waals surface area (Å²) in [6, 6.07) is 0. The van der Waals surface area contributed by atoms with Crippen molar-refractivity contribution in [3.8, 4) is 0 Å². The first-order valence-corrected chi connectivity index (χ1v) is 5.57. The number of aryl methyl sites for hydroxylation is 1. The van der Waals surface area contributed by atoms with E-state index in [1.54, 1.807) is 6.92 Å². The minimum atomic E-state index is -0.311. The quantitative estimate of drug-likeness (QED) is 0.739. The van der Waals surface area contributed by atoms with Crippen molar-refractivity contribution in [1.29, 1.82) is 0 Å². The molecule has 0 saturated heterocycles. The van der Waals surface area contributed by atoms with E-state index in [0.29, 0.717) is 13.1 Å². The van der Waals surface area contributed by atoms with Crippen molar-refractivity contribution >= 4 is 0 Å². The summed E-state index contributed by atoms with van der Waals surface area (Å²) in [6.07, 6.45) is 3.17. The van der Waals surface area contributed by atoms with Gasteiger partial charge >= 0.3 is 0 Å². The number of nitrogens with zero attached hydrogens (tertiary/aromatic N) is 3. The summed E-state index contributed by atoms with van der Waals surface area (Å²) in [5.41, 5.74) is 0. The molecule has 1 aliphatic heterocycles. The Bertz CT molecular complexity index is 321. The summed E-state index contributed by atoms with van der Waals surface area (Å²) < 4.78 is 2.19. The number of aliphatic hydroxyl groups excluding tert-OH is 1. The van der Waals surface area contributed by atoms with Crippen molar-refractivity contribution in [2.75, 3.05) is 6.54 Å². The first kappa shape index (κ1) is 10.6. The monoisotopic (exact) mass is 210 g/mol. The van der Waals surface area contributed by atoms with Gasteiger partial charge in [-0.25, -0.2) is 0 Å². The number of aliphatic hydroxyl groups is 1. The average molecular weight is 210 g/mol. The van der Waals surface area contributed by atoms with Crippen LogP contribution in [0.3, 0.4) is 0 Å². The van der Waals surface area contributed by atoms with Crippen molar-refractivity contribution in [2.24, 2.45) is 0 Å². The number of nitrogens with one attached hydrogen (secondary N) is 1. The molecule has 2 heterocycles. The maximum absolute atomic E-state index is 9.11. The number of aromatic nitrogens is 3. The molecule has 5 nitrogen and oxygen atoms in total. The zero-order chi connectivity index (χ0) is 10.7. The van der Waals surface area contributed by atoms with Gasteiger partial charge in [-0.2, -0.15) is 0 Å². The van der Waals surface area contributed by atoms with Crippen LogP contribution in [-0.4, -0.2) is 32.5 Å². The van der Waals surface area contributed by atoms with E-state index in [4.69, 9.17) is 5.11 Å². The van der Waals surface area contributed by atoms with Crippen LogP contribution in [0.1, 0.15) is 31.4 Å². The molecule has 1 aromatic rings. The first-order chi connectivity index (χ1) is 7.27. The normalized spacial score (nSPS) is 17.5. The molecule has 84 valence electrons. The smallest absolute Gasteiger partial charge is 0.147 e. The number of fused-ring (bicyclic) bond motifs is 1. The molecule has 0 fully saturated rings. The Balaban J connectivity index is 1.94. The Morgan fingerprint density at radius 3 is 3.13 bits per heavy atom. The van der Waals surface area contributed by atoms with Crippen LogP contribution < -0.4 is 5.32 Å². The molecule has 1 atom stereocenters. The molecule has 0 radical (unpaired) electrons. The fourth-order valence-electron chi connectivity index (χ4n) is 1.89. The lowest BCUT2D eigenvalue weighted by molar-refractivity contribution is 0.190. The summed E-state index contributed by atoms with van der Waals surface area (Å²) in [5, 5.41) is 20.6. The standard InChI is InChI=1S/C10H18N4O/c1-8(15)6-11-7-10-13-12-9-4-2-3-5-14(9)10/h8,11,15H,2-7H2,1H3. The van der Waals surface area contributed by atoms with Crippen molar-refractivity contribution < 1.29 is 5.11 Å². The van der Waals surface area contributed by atoms with Gasteiger partial charge in [0.15, 0.2) is 0 Å². The lowest BCUT2D eigenvalue weighted by atomic mass is 10.2. The molecule has 1 unspecified atom stereocenters. The summed E-state index contributed by atoms with van der Waals surface area (Å²) in [6.45, 7) is 4.10. The van der Waals surface area contributed by atoms with Gasteiger partial charge in [0.25, 0.3) is 0 Å². The fraction of sp³-hybridized carbons (Fsp3) is 0.800. The summed E-state index contributed by atoms with van der Waals surface area (Å²) in [4.78, 5) is 0. The average Bonchev–Trinajstić information content (AvgIpc) is 2.62. The van der Waals surface area contributed by atoms with E-state index in [0.717, 1.165) is 24.6 Å². The van der Waals surface area contributed by atoms with Gasteiger partial charge in [0.1, 0.15) is 11.6 Å². The Labute approximate surface area is 89.5 Å². The van der Waals surface area contributed by atoms with Crippen LogP contribution in [-0.2, 0) is 19.5 Å². The van der Waals surface area contributed by atoms with Crippen LogP contribution in [0.4, 0.5) is 0 Å². The van der Waals surface area contributed by atoms with E-state index in [1.165, 1.54) is 12.8 Å². The lowest BCUT2D eigenvalue weighted by Gasteiger charge is -2.15. The highest BCUT2D eigenvalue weighted by atomic mass is 16.3. The Morgan fingerprint density at radius 2 is 2.33 bits per heavy atom. The van der Waals surface area contributed by atoms with Crippen molar-refractivity contribution in [2.45, 2.75) is 45.4 Å². The molecule has 0 saturated carbocycles. The van der Waals surface area contributed by atoms with Gasteiger partial charge in [-0.05, 0) is 19.8 Å². The van der Waals surface area contributed by atoms with Gasteiger partial charge in [-0.15, -0.1) is 10.2 Å². The van der Waals surface area contributed by atoms with Crippen LogP contribution in [0.2, 0.25) is 0 Å². The molecule has 5 heteroatoms. The predicted molar refractivity (Wildman–Crippen MR) is 56.3 cm³/mol. The topological polar surface area (TPSA) is 63.0 Å². The van der Waals surface area contributed by atoms with Gasteiger partial charge in [-0.1, -0.05) is 0 Å². The third-order valence-electron chi connectivity index (χ3n) is 2.66. The molecule has 1 aromatic heterocycles. The fourth-order valence-corrected chi connectivity index (χ4v) is 1.89. The van der Waals surface area contributed by atoms with Crippen molar-refractivity contribution in [3.63, 3.8) is 0 Å². The molecular weight excluding hydrogens is 192 g/mol. The van der Waals surface area contributed by atoms with E-state index in [9.17, 15) is 0 Å². The third-order valence-corrected chi connectivity index (χ3v) is 2.66. The first-order valence-electron chi connectivity index (χ1n) is 5.57. The van der Waals surface area contributed by atoms with Gasteiger partial charge < -0.3 is 15.0 Å². The van der Waals surface area contributed by atoms with Gasteiger partial charge in [-0.3, -0.25) is 0 Å². The summed E-state index contributed by atoms with van der Waals surface area (Å²) >= 11 is 0. The maximum atomic E-state index is 9.11. The van der Waals surface area contributed by atoms with E-state index in [-0.39, 0.29) is 6.10 Å². The molecule has 0 amide bonds. The zero-order valence-electron chi connectivity index (χ0n) is 9.11. The van der Waals surface area contributed by atoms with Crippen LogP contribution in [0.5, 0.6) is 0 Å². The highest BCUT2D eigenvalue weighted by Gasteiger charge is 2.14. The van der Waals surface area contributed by atoms with Crippen molar-refractivity contribution in [3.05, 3.63) is 11.6 Å². The number of rotatable bonds is 4. The second kappa shape index (κ2) is 4.72. The zero-order valence-corrected chi connectivity index (χ0v) is 9.11. The second-order valence-corrected chi connectivity index (χ2v) is 4.12. The molecule has 0 spiro atoms. The summed E-state index contributed by atoms with van der Waals surface area (Å²) in [5.74, 6) is 2.10. The molecule has 2 N–H and O–H groups in total. The maximum Gasteiger partial charge on any atom is 0.147 e. The van der Waals surface area contributed by atoms with Crippen LogP contribution in [0.25, 0.3) is 0 Å². The van der Waals surface area contributed by atoms with Gasteiger partial charge in [0, 0.05) is 19.5 Å². The molecule has 0 aromatic carbocycles. The Morgan fingerprint density at radius 1 is 1.47 bits per heavy atom. The SMILES string of the molecule is CC(O)CNCc1nnc2n1CCCC2. The minimum Gasteiger partial charge on any atom is -0.392 e. The third kappa shape index (κ3) is 2.54. The molecule has 0 aliphatic carbocycles. The van der Waals surface area contributed by atoms with Crippen LogP contribution in [0.15, 0.2) is 0 Å². The van der Waals surface area contributed by atoms with Crippen LogP contribution >= 0.6 is 0 Å².